The Balaban J connectivity index is 1.69. The van der Waals surface area contributed by atoms with Crippen molar-refractivity contribution >= 4 is 16.8 Å². The number of alkyl halides is 3. The molecule has 6 nitrogen and oxygen atoms in total. The number of amides is 1. The summed E-state index contributed by atoms with van der Waals surface area (Å²) in [6.45, 7) is -1.12. The smallest absolute Gasteiger partial charge is 0.325 e. The van der Waals surface area contributed by atoms with Crippen LogP contribution in [0.2, 0.25) is 0 Å². The zero-order valence-electron chi connectivity index (χ0n) is 18.4. The van der Waals surface area contributed by atoms with Gasteiger partial charge in [0.1, 0.15) is 12.4 Å². The van der Waals surface area contributed by atoms with Gasteiger partial charge < -0.3 is 4.90 Å². The van der Waals surface area contributed by atoms with Gasteiger partial charge in [0, 0.05) is 25.1 Å². The van der Waals surface area contributed by atoms with E-state index in [1.807, 2.05) is 6.07 Å². The maximum atomic E-state index is 13.3. The molecule has 0 saturated carbocycles. The lowest BCUT2D eigenvalue weighted by Gasteiger charge is -2.24. The Bertz CT molecular complexity index is 1310. The number of rotatable bonds is 4. The van der Waals surface area contributed by atoms with Crippen LogP contribution in [0.25, 0.3) is 10.9 Å². The molecule has 0 fully saturated rings. The second-order valence-electron chi connectivity index (χ2n) is 8.47. The second kappa shape index (κ2) is 9.67. The minimum atomic E-state index is -4.59. The number of nitriles is 1. The van der Waals surface area contributed by atoms with E-state index in [0.29, 0.717) is 45.7 Å². The first kappa shape index (κ1) is 23.5. The van der Waals surface area contributed by atoms with Gasteiger partial charge in [0.05, 0.1) is 22.5 Å². The van der Waals surface area contributed by atoms with Crippen LogP contribution in [0.5, 0.6) is 0 Å². The van der Waals surface area contributed by atoms with E-state index in [1.165, 1.54) is 42.5 Å². The van der Waals surface area contributed by atoms with Crippen molar-refractivity contribution in [1.82, 2.24) is 14.5 Å². The molecule has 3 aromatic rings. The fourth-order valence-corrected chi connectivity index (χ4v) is 4.23. The van der Waals surface area contributed by atoms with Crippen LogP contribution in [0.3, 0.4) is 0 Å². The van der Waals surface area contributed by atoms with Crippen molar-refractivity contribution < 1.29 is 18.0 Å². The van der Waals surface area contributed by atoms with Crippen LogP contribution in [-0.4, -0.2) is 33.1 Å². The Labute approximate surface area is 194 Å². The van der Waals surface area contributed by atoms with E-state index in [4.69, 9.17) is 5.26 Å². The molecule has 1 amide bonds. The van der Waals surface area contributed by atoms with E-state index < -0.39 is 18.6 Å². The molecule has 1 aliphatic rings. The summed E-state index contributed by atoms with van der Waals surface area (Å²) in [7, 11) is 0. The molecule has 2 aromatic carbocycles. The topological polar surface area (TPSA) is 79.0 Å². The number of halogens is 3. The third kappa shape index (κ3) is 5.28. The van der Waals surface area contributed by atoms with Crippen LogP contribution >= 0.6 is 0 Å². The number of aromatic nitrogens is 2. The molecule has 0 radical (unpaired) electrons. The number of benzene rings is 2. The van der Waals surface area contributed by atoms with Gasteiger partial charge in [-0.2, -0.15) is 18.4 Å². The van der Waals surface area contributed by atoms with Crippen LogP contribution in [-0.2, 0) is 19.5 Å². The van der Waals surface area contributed by atoms with Crippen molar-refractivity contribution in [3.63, 3.8) is 0 Å². The number of hydrogen-bond donors (Lipinski definition) is 0. The average Bonchev–Trinajstić information content (AvgIpc) is 2.79. The van der Waals surface area contributed by atoms with Crippen molar-refractivity contribution in [2.75, 3.05) is 6.54 Å². The van der Waals surface area contributed by atoms with E-state index in [9.17, 15) is 22.8 Å². The highest BCUT2D eigenvalue weighted by Crippen LogP contribution is 2.22. The molecular formula is C25H23F3N4O2. The van der Waals surface area contributed by atoms with Gasteiger partial charge in [0.15, 0.2) is 0 Å². The lowest BCUT2D eigenvalue weighted by Crippen LogP contribution is -2.38. The standard InChI is InChI=1S/C25H23F3N4O2/c26-25(27,28)16-31(15-18-8-6-17(14-29)7-9-18)23(33)19-10-11-20-21(13-19)30-22-5-3-1-2-4-12-32(22)24(20)34/h6-11,13H,1-5,12,15-16H2. The quantitative estimate of drug-likeness (QED) is 0.561. The Morgan fingerprint density at radius 2 is 1.82 bits per heavy atom. The van der Waals surface area contributed by atoms with Gasteiger partial charge in [-0.25, -0.2) is 4.98 Å². The zero-order valence-corrected chi connectivity index (χ0v) is 18.4. The molecule has 0 atom stereocenters. The lowest BCUT2D eigenvalue weighted by atomic mass is 10.1. The molecule has 1 aromatic heterocycles. The highest BCUT2D eigenvalue weighted by atomic mass is 19.4. The van der Waals surface area contributed by atoms with Gasteiger partial charge in [-0.15, -0.1) is 0 Å². The Hall–Kier alpha value is -3.67. The Morgan fingerprint density at radius 1 is 1.09 bits per heavy atom. The Morgan fingerprint density at radius 3 is 2.53 bits per heavy atom. The maximum Gasteiger partial charge on any atom is 0.406 e. The van der Waals surface area contributed by atoms with E-state index in [2.05, 4.69) is 4.98 Å². The Kier molecular flexibility index (Phi) is 6.68. The molecule has 34 heavy (non-hydrogen) atoms. The van der Waals surface area contributed by atoms with Crippen LogP contribution < -0.4 is 5.56 Å². The van der Waals surface area contributed by atoms with Gasteiger partial charge in [-0.3, -0.25) is 14.2 Å². The summed E-state index contributed by atoms with van der Waals surface area (Å²) >= 11 is 0. The van der Waals surface area contributed by atoms with E-state index in [1.54, 1.807) is 4.57 Å². The first-order valence-electron chi connectivity index (χ1n) is 11.1. The zero-order chi connectivity index (χ0) is 24.3. The monoisotopic (exact) mass is 468 g/mol. The summed E-state index contributed by atoms with van der Waals surface area (Å²) in [5, 5.41) is 9.26. The molecule has 0 aliphatic carbocycles. The van der Waals surface area contributed by atoms with Gasteiger partial charge >= 0.3 is 6.18 Å². The summed E-state index contributed by atoms with van der Waals surface area (Å²) in [4.78, 5) is 31.4. The fraction of sp³-hybridized carbons (Fsp3) is 0.360. The van der Waals surface area contributed by atoms with Crippen LogP contribution in [0.1, 0.15) is 53.0 Å². The molecule has 4 rings (SSSR count). The molecule has 1 aliphatic heterocycles. The first-order valence-corrected chi connectivity index (χ1v) is 11.1. The van der Waals surface area contributed by atoms with Gasteiger partial charge in [0.2, 0.25) is 0 Å². The molecule has 0 spiro atoms. The third-order valence-corrected chi connectivity index (χ3v) is 5.93. The normalized spacial score (nSPS) is 14.1. The van der Waals surface area contributed by atoms with E-state index >= 15 is 0 Å². The number of hydrogen-bond acceptors (Lipinski definition) is 4. The maximum absolute atomic E-state index is 13.3. The van der Waals surface area contributed by atoms with E-state index in [-0.39, 0.29) is 17.7 Å². The van der Waals surface area contributed by atoms with E-state index in [0.717, 1.165) is 25.7 Å². The van der Waals surface area contributed by atoms with Gasteiger partial charge in [-0.05, 0) is 48.7 Å². The summed E-state index contributed by atoms with van der Waals surface area (Å²) in [5.41, 5.74) is 1.00. The van der Waals surface area contributed by atoms with Crippen LogP contribution in [0.4, 0.5) is 13.2 Å². The molecule has 0 N–H and O–H groups in total. The number of carbonyl (C=O) groups is 1. The van der Waals surface area contributed by atoms with Crippen molar-refractivity contribution in [3.8, 4) is 6.07 Å². The second-order valence-corrected chi connectivity index (χ2v) is 8.47. The SMILES string of the molecule is N#Cc1ccc(CN(CC(F)(F)F)C(=O)c2ccc3c(=O)n4c(nc3c2)CCCCCC4)cc1. The molecule has 2 heterocycles. The minimum Gasteiger partial charge on any atom is -0.325 e. The van der Waals surface area contributed by atoms with Crippen molar-refractivity contribution in [2.24, 2.45) is 0 Å². The number of carbonyl (C=O) groups excluding carboxylic acids is 1. The van der Waals surface area contributed by atoms with Crippen LogP contribution in [0.15, 0.2) is 47.3 Å². The molecule has 0 unspecified atom stereocenters. The summed E-state index contributed by atoms with van der Waals surface area (Å²) in [6, 6.07) is 12.2. The largest absolute Gasteiger partial charge is 0.406 e. The molecule has 0 saturated heterocycles. The molecular weight excluding hydrogens is 445 g/mol. The molecule has 176 valence electrons. The number of aryl methyl sites for hydroxylation is 1. The molecule has 0 bridgehead atoms. The van der Waals surface area contributed by atoms with Gasteiger partial charge in [0.25, 0.3) is 11.5 Å². The number of fused-ring (bicyclic) bond motifs is 2. The highest BCUT2D eigenvalue weighted by molar-refractivity contribution is 5.97. The van der Waals surface area contributed by atoms with Gasteiger partial charge in [-0.1, -0.05) is 25.0 Å². The predicted octanol–water partition coefficient (Wildman–Crippen LogP) is 4.59. The highest BCUT2D eigenvalue weighted by Gasteiger charge is 2.33. The summed E-state index contributed by atoms with van der Waals surface area (Å²) in [5.74, 6) is -0.163. The minimum absolute atomic E-state index is 0.0353. The predicted molar refractivity (Wildman–Crippen MR) is 120 cm³/mol. The molecule has 9 heteroatoms. The average molecular weight is 468 g/mol. The van der Waals surface area contributed by atoms with Crippen molar-refractivity contribution in [2.45, 2.75) is 51.4 Å². The summed E-state index contributed by atoms with van der Waals surface area (Å²) < 4.78 is 41.5. The lowest BCUT2D eigenvalue weighted by molar-refractivity contribution is -0.141. The summed E-state index contributed by atoms with van der Waals surface area (Å²) in [6.07, 6.45) is -0.0625. The fourth-order valence-electron chi connectivity index (χ4n) is 4.23. The third-order valence-electron chi connectivity index (χ3n) is 5.93. The van der Waals surface area contributed by atoms with Crippen LogP contribution in [0, 0.1) is 11.3 Å². The first-order chi connectivity index (χ1) is 16.2. The van der Waals surface area contributed by atoms with Crippen molar-refractivity contribution in [1.29, 1.82) is 5.26 Å². The number of nitrogens with zero attached hydrogens (tertiary/aromatic N) is 4. The van der Waals surface area contributed by atoms with Crippen molar-refractivity contribution in [3.05, 3.63) is 75.3 Å².